The van der Waals surface area contributed by atoms with E-state index in [1.807, 2.05) is 0 Å². The highest BCUT2D eigenvalue weighted by Crippen LogP contribution is 2.23. The Labute approximate surface area is 72.8 Å². The van der Waals surface area contributed by atoms with Crippen LogP contribution in [0.25, 0.3) is 0 Å². The molecule has 7 nitrogen and oxygen atoms in total. The molecule has 13 heavy (non-hydrogen) atoms. The van der Waals surface area contributed by atoms with Crippen LogP contribution in [0, 0.1) is 21.4 Å². The van der Waals surface area contributed by atoms with Crippen molar-refractivity contribution in [1.29, 1.82) is 5.26 Å². The molecule has 0 saturated heterocycles. The van der Waals surface area contributed by atoms with Crippen LogP contribution >= 0.6 is 0 Å². The fraction of sp³-hybridized carbons (Fsp3) is 0.333. The average molecular weight is 182 g/mol. The monoisotopic (exact) mass is 182 g/mol. The lowest BCUT2D eigenvalue weighted by Crippen LogP contribution is -1.99. The Morgan fingerprint density at radius 3 is 3.15 bits per heavy atom. The Bertz CT molecular complexity index is 353. The predicted molar refractivity (Wildman–Crippen MR) is 40.4 cm³/mol. The predicted octanol–water partition coefficient (Wildman–Crippen LogP) is 0.265. The van der Waals surface area contributed by atoms with Crippen molar-refractivity contribution >= 4 is 5.82 Å². The SMILES string of the molecule is N#CCC(O)c1cn[nH]c1[N+](=O)[O-]. The maximum Gasteiger partial charge on any atom is 0.348 e. The third kappa shape index (κ3) is 1.80. The summed E-state index contributed by atoms with van der Waals surface area (Å²) < 4.78 is 0. The maximum absolute atomic E-state index is 10.3. The molecule has 0 aliphatic carbocycles. The number of nitro groups is 1. The number of nitriles is 1. The van der Waals surface area contributed by atoms with E-state index in [4.69, 9.17) is 5.26 Å². The molecule has 0 amide bonds. The van der Waals surface area contributed by atoms with Gasteiger partial charge in [0.1, 0.15) is 6.10 Å². The number of H-pyrrole nitrogens is 1. The molecule has 1 atom stereocenters. The van der Waals surface area contributed by atoms with Gasteiger partial charge in [0, 0.05) is 0 Å². The molecule has 0 saturated carbocycles. The van der Waals surface area contributed by atoms with Crippen molar-refractivity contribution in [1.82, 2.24) is 10.2 Å². The summed E-state index contributed by atoms with van der Waals surface area (Å²) in [6.07, 6.45) is -0.218. The van der Waals surface area contributed by atoms with Gasteiger partial charge >= 0.3 is 5.82 Å². The topological polar surface area (TPSA) is 116 Å². The molecule has 0 bridgehead atoms. The first-order valence-electron chi connectivity index (χ1n) is 3.39. The minimum atomic E-state index is -1.16. The van der Waals surface area contributed by atoms with Crippen LogP contribution in [0.4, 0.5) is 5.82 Å². The van der Waals surface area contributed by atoms with E-state index in [0.29, 0.717) is 0 Å². The van der Waals surface area contributed by atoms with E-state index in [9.17, 15) is 15.2 Å². The lowest BCUT2D eigenvalue weighted by molar-refractivity contribution is -0.390. The van der Waals surface area contributed by atoms with Gasteiger partial charge in [-0.15, -0.1) is 5.10 Å². The Balaban J connectivity index is 2.94. The second-order valence-corrected chi connectivity index (χ2v) is 2.31. The molecule has 0 aromatic carbocycles. The van der Waals surface area contributed by atoms with E-state index < -0.39 is 11.0 Å². The molecular weight excluding hydrogens is 176 g/mol. The van der Waals surface area contributed by atoms with Gasteiger partial charge in [-0.1, -0.05) is 5.10 Å². The van der Waals surface area contributed by atoms with Gasteiger partial charge in [0.05, 0.1) is 24.3 Å². The zero-order valence-electron chi connectivity index (χ0n) is 6.47. The fourth-order valence-electron chi connectivity index (χ4n) is 0.875. The third-order valence-electron chi connectivity index (χ3n) is 1.47. The van der Waals surface area contributed by atoms with E-state index in [-0.39, 0.29) is 17.8 Å². The summed E-state index contributed by atoms with van der Waals surface area (Å²) in [5.41, 5.74) is 0.0338. The standard InChI is InChI=1S/C6H6N4O3/c7-2-1-5(11)4-3-8-9-6(4)10(12)13/h3,5,11H,1H2,(H,8,9). The van der Waals surface area contributed by atoms with Crippen LogP contribution in [0.2, 0.25) is 0 Å². The van der Waals surface area contributed by atoms with Crippen molar-refractivity contribution in [3.05, 3.63) is 21.9 Å². The van der Waals surface area contributed by atoms with Gasteiger partial charge in [-0.3, -0.25) is 0 Å². The summed E-state index contributed by atoms with van der Waals surface area (Å²) in [5.74, 6) is -0.372. The average Bonchev–Trinajstić information content (AvgIpc) is 2.52. The van der Waals surface area contributed by atoms with Crippen LogP contribution in [0.3, 0.4) is 0 Å². The lowest BCUT2D eigenvalue weighted by Gasteiger charge is -2.01. The Hall–Kier alpha value is -1.94. The largest absolute Gasteiger partial charge is 0.387 e. The zero-order chi connectivity index (χ0) is 9.84. The van der Waals surface area contributed by atoms with Crippen LogP contribution < -0.4 is 0 Å². The molecule has 1 unspecified atom stereocenters. The molecule has 1 rings (SSSR count). The lowest BCUT2D eigenvalue weighted by atomic mass is 10.1. The molecule has 0 radical (unpaired) electrons. The number of aliphatic hydroxyl groups is 1. The van der Waals surface area contributed by atoms with E-state index in [1.54, 1.807) is 6.07 Å². The molecule has 2 N–H and O–H groups in total. The van der Waals surface area contributed by atoms with Crippen molar-refractivity contribution in [2.75, 3.05) is 0 Å². The number of rotatable bonds is 3. The second-order valence-electron chi connectivity index (χ2n) is 2.31. The second kappa shape index (κ2) is 3.64. The number of aromatic amines is 1. The number of aliphatic hydroxyl groups excluding tert-OH is 1. The van der Waals surface area contributed by atoms with Gasteiger partial charge in [-0.05, 0) is 4.92 Å². The summed E-state index contributed by atoms with van der Waals surface area (Å²) in [6, 6.07) is 1.71. The Morgan fingerprint density at radius 1 is 1.92 bits per heavy atom. The smallest absolute Gasteiger partial charge is 0.348 e. The molecule has 7 heteroatoms. The van der Waals surface area contributed by atoms with Crippen LogP contribution in [0.15, 0.2) is 6.20 Å². The summed E-state index contributed by atoms with van der Waals surface area (Å²) >= 11 is 0. The molecule has 1 heterocycles. The van der Waals surface area contributed by atoms with Crippen LogP contribution in [-0.2, 0) is 0 Å². The van der Waals surface area contributed by atoms with Crippen LogP contribution in [-0.4, -0.2) is 20.2 Å². The molecule has 0 aliphatic rings. The van der Waals surface area contributed by atoms with Gasteiger partial charge in [-0.25, -0.2) is 0 Å². The fourth-order valence-corrected chi connectivity index (χ4v) is 0.875. The first kappa shape index (κ1) is 9.15. The number of nitrogens with zero attached hydrogens (tertiary/aromatic N) is 3. The summed E-state index contributed by atoms with van der Waals surface area (Å²) in [4.78, 5) is 9.64. The maximum atomic E-state index is 10.3. The van der Waals surface area contributed by atoms with Crippen molar-refractivity contribution < 1.29 is 10.0 Å². The first-order valence-corrected chi connectivity index (χ1v) is 3.39. The number of hydrogen-bond donors (Lipinski definition) is 2. The quantitative estimate of drug-likeness (QED) is 0.513. The minimum absolute atomic E-state index is 0.0338. The molecule has 0 fully saturated rings. The van der Waals surface area contributed by atoms with Crippen molar-refractivity contribution in [2.24, 2.45) is 0 Å². The number of aromatic nitrogens is 2. The van der Waals surface area contributed by atoms with Crippen LogP contribution in [0.1, 0.15) is 18.1 Å². The van der Waals surface area contributed by atoms with Gasteiger partial charge in [0.15, 0.2) is 0 Å². The van der Waals surface area contributed by atoms with E-state index in [2.05, 4.69) is 10.2 Å². The summed E-state index contributed by atoms with van der Waals surface area (Å²) in [7, 11) is 0. The highest BCUT2D eigenvalue weighted by Gasteiger charge is 2.21. The Kier molecular flexibility index (Phi) is 2.56. The minimum Gasteiger partial charge on any atom is -0.387 e. The highest BCUT2D eigenvalue weighted by molar-refractivity contribution is 5.31. The molecule has 1 aromatic rings. The van der Waals surface area contributed by atoms with Gasteiger partial charge in [-0.2, -0.15) is 5.26 Å². The molecule has 0 spiro atoms. The highest BCUT2D eigenvalue weighted by atomic mass is 16.6. The van der Waals surface area contributed by atoms with E-state index >= 15 is 0 Å². The number of hydrogen-bond acceptors (Lipinski definition) is 5. The van der Waals surface area contributed by atoms with Crippen LogP contribution in [0.5, 0.6) is 0 Å². The summed E-state index contributed by atoms with van der Waals surface area (Å²) in [5, 5.41) is 33.4. The van der Waals surface area contributed by atoms with Gasteiger partial charge in [0.25, 0.3) is 0 Å². The Morgan fingerprint density at radius 2 is 2.62 bits per heavy atom. The molecule has 68 valence electrons. The van der Waals surface area contributed by atoms with E-state index in [1.165, 1.54) is 0 Å². The third-order valence-corrected chi connectivity index (χ3v) is 1.47. The van der Waals surface area contributed by atoms with Gasteiger partial charge < -0.3 is 15.2 Å². The molecule has 0 aliphatic heterocycles. The van der Waals surface area contributed by atoms with Gasteiger partial charge in [0.2, 0.25) is 0 Å². The van der Waals surface area contributed by atoms with Crippen molar-refractivity contribution in [2.45, 2.75) is 12.5 Å². The normalized spacial score (nSPS) is 12.0. The van der Waals surface area contributed by atoms with Crippen molar-refractivity contribution in [3.8, 4) is 6.07 Å². The molecular formula is C6H6N4O3. The van der Waals surface area contributed by atoms with Crippen molar-refractivity contribution in [3.63, 3.8) is 0 Å². The summed E-state index contributed by atoms with van der Waals surface area (Å²) in [6.45, 7) is 0. The number of nitrogens with one attached hydrogen (secondary N) is 1. The zero-order valence-corrected chi connectivity index (χ0v) is 6.47. The molecule has 1 aromatic heterocycles. The van der Waals surface area contributed by atoms with E-state index in [0.717, 1.165) is 6.20 Å². The first-order chi connectivity index (χ1) is 6.16.